The minimum Gasteiger partial charge on any atom is -0.382 e. The number of fused-ring (bicyclic) bond motifs is 1. The Balaban J connectivity index is 2.18. The molecule has 0 atom stereocenters. The van der Waals surface area contributed by atoms with E-state index in [9.17, 15) is 0 Å². The summed E-state index contributed by atoms with van der Waals surface area (Å²) in [7, 11) is 0. The maximum Gasteiger partial charge on any atom is 0.149 e. The van der Waals surface area contributed by atoms with Gasteiger partial charge in [-0.1, -0.05) is 15.9 Å². The van der Waals surface area contributed by atoms with E-state index >= 15 is 0 Å². The first-order valence-electron chi connectivity index (χ1n) is 5.79. The lowest BCUT2D eigenvalue weighted by molar-refractivity contribution is 0.787. The van der Waals surface area contributed by atoms with E-state index < -0.39 is 0 Å². The number of rotatable bonds is 1. The molecule has 0 saturated carbocycles. The van der Waals surface area contributed by atoms with Crippen molar-refractivity contribution < 1.29 is 0 Å². The van der Waals surface area contributed by atoms with Crippen molar-refractivity contribution in [3.63, 3.8) is 0 Å². The van der Waals surface area contributed by atoms with Gasteiger partial charge in [0, 0.05) is 15.7 Å². The molecular weight excluding hydrogens is 278 g/mol. The summed E-state index contributed by atoms with van der Waals surface area (Å²) in [5, 5.41) is 4.46. The second-order valence-electron chi connectivity index (χ2n) is 4.56. The molecule has 0 bridgehead atoms. The fourth-order valence-electron chi connectivity index (χ4n) is 2.52. The van der Waals surface area contributed by atoms with Crippen LogP contribution in [0.2, 0.25) is 0 Å². The molecule has 17 heavy (non-hydrogen) atoms. The first-order chi connectivity index (χ1) is 8.15. The van der Waals surface area contributed by atoms with E-state index in [0.29, 0.717) is 5.82 Å². The van der Waals surface area contributed by atoms with Crippen molar-refractivity contribution in [2.24, 2.45) is 0 Å². The molecule has 0 saturated heterocycles. The monoisotopic (exact) mass is 291 g/mol. The summed E-state index contributed by atoms with van der Waals surface area (Å²) in [5.41, 5.74) is 10.8. The first kappa shape index (κ1) is 10.8. The highest BCUT2D eigenvalue weighted by molar-refractivity contribution is 9.10. The third-order valence-electron chi connectivity index (χ3n) is 3.23. The Morgan fingerprint density at radius 2 is 2.12 bits per heavy atom. The van der Waals surface area contributed by atoms with Gasteiger partial charge in [0.05, 0.1) is 5.69 Å². The summed E-state index contributed by atoms with van der Waals surface area (Å²) in [6, 6.07) is 6.31. The molecular formula is C13H14BrN3. The SMILES string of the molecule is Cc1cc(Br)cc(-n2nc(N)c3c2CCC3)c1. The van der Waals surface area contributed by atoms with E-state index in [0.717, 1.165) is 23.0 Å². The lowest BCUT2D eigenvalue weighted by Gasteiger charge is -2.07. The Hall–Kier alpha value is -1.29. The van der Waals surface area contributed by atoms with Gasteiger partial charge >= 0.3 is 0 Å². The Morgan fingerprint density at radius 1 is 1.29 bits per heavy atom. The lowest BCUT2D eigenvalue weighted by Crippen LogP contribution is -2.02. The normalized spacial score (nSPS) is 14.0. The maximum atomic E-state index is 5.96. The van der Waals surface area contributed by atoms with Gasteiger partial charge in [0.1, 0.15) is 5.82 Å². The van der Waals surface area contributed by atoms with Gasteiger partial charge in [0.25, 0.3) is 0 Å². The Bertz CT molecular complexity index is 566. The summed E-state index contributed by atoms with van der Waals surface area (Å²) < 4.78 is 3.07. The van der Waals surface area contributed by atoms with Gasteiger partial charge in [-0.15, -0.1) is 0 Å². The van der Waals surface area contributed by atoms with E-state index in [4.69, 9.17) is 5.73 Å². The highest BCUT2D eigenvalue weighted by Gasteiger charge is 2.21. The number of aromatic nitrogens is 2. The van der Waals surface area contributed by atoms with Crippen LogP contribution in [0.5, 0.6) is 0 Å². The number of anilines is 1. The van der Waals surface area contributed by atoms with Crippen LogP contribution in [-0.2, 0) is 12.8 Å². The lowest BCUT2D eigenvalue weighted by atomic mass is 10.2. The fraction of sp³-hybridized carbons (Fsp3) is 0.308. The largest absolute Gasteiger partial charge is 0.382 e. The van der Waals surface area contributed by atoms with Gasteiger partial charge in [0.15, 0.2) is 0 Å². The molecule has 4 heteroatoms. The Morgan fingerprint density at radius 3 is 2.88 bits per heavy atom. The number of aryl methyl sites for hydroxylation is 1. The number of nitrogens with zero attached hydrogens (tertiary/aromatic N) is 2. The van der Waals surface area contributed by atoms with Crippen LogP contribution in [0.25, 0.3) is 5.69 Å². The average molecular weight is 292 g/mol. The van der Waals surface area contributed by atoms with Crippen molar-refractivity contribution in [1.29, 1.82) is 0 Å². The van der Waals surface area contributed by atoms with Gasteiger partial charge in [-0.25, -0.2) is 4.68 Å². The Kier molecular flexibility index (Phi) is 2.47. The highest BCUT2D eigenvalue weighted by atomic mass is 79.9. The third-order valence-corrected chi connectivity index (χ3v) is 3.69. The van der Waals surface area contributed by atoms with Crippen molar-refractivity contribution in [1.82, 2.24) is 9.78 Å². The quantitative estimate of drug-likeness (QED) is 0.878. The zero-order valence-electron chi connectivity index (χ0n) is 9.70. The molecule has 2 aromatic rings. The highest BCUT2D eigenvalue weighted by Crippen LogP contribution is 2.30. The van der Waals surface area contributed by atoms with Crippen molar-refractivity contribution in [2.75, 3.05) is 5.73 Å². The summed E-state index contributed by atoms with van der Waals surface area (Å²) in [6.45, 7) is 2.08. The predicted octanol–water partition coefficient (Wildman–Crippen LogP) is 3.01. The second kappa shape index (κ2) is 3.88. The molecule has 1 heterocycles. The zero-order valence-corrected chi connectivity index (χ0v) is 11.3. The van der Waals surface area contributed by atoms with E-state index in [1.54, 1.807) is 0 Å². The van der Waals surface area contributed by atoms with Gasteiger partial charge < -0.3 is 5.73 Å². The van der Waals surface area contributed by atoms with E-state index in [1.165, 1.54) is 23.2 Å². The molecule has 0 amide bonds. The molecule has 88 valence electrons. The third kappa shape index (κ3) is 1.76. The summed E-state index contributed by atoms with van der Waals surface area (Å²) in [6.07, 6.45) is 3.32. The molecule has 3 nitrogen and oxygen atoms in total. The minimum atomic E-state index is 0.690. The minimum absolute atomic E-state index is 0.690. The van der Waals surface area contributed by atoms with Crippen LogP contribution in [0, 0.1) is 6.92 Å². The van der Waals surface area contributed by atoms with Crippen LogP contribution < -0.4 is 5.73 Å². The van der Waals surface area contributed by atoms with Crippen molar-refractivity contribution in [3.05, 3.63) is 39.5 Å². The standard InChI is InChI=1S/C13H14BrN3/c1-8-5-9(14)7-10(6-8)17-12-4-2-3-11(12)13(15)16-17/h5-7H,2-4H2,1H3,(H2,15,16). The summed E-state index contributed by atoms with van der Waals surface area (Å²) in [4.78, 5) is 0. The zero-order chi connectivity index (χ0) is 12.0. The number of benzene rings is 1. The molecule has 0 unspecified atom stereocenters. The molecule has 1 aromatic heterocycles. The average Bonchev–Trinajstić information content (AvgIpc) is 2.81. The predicted molar refractivity (Wildman–Crippen MR) is 72.4 cm³/mol. The van der Waals surface area contributed by atoms with E-state index in [2.05, 4.69) is 46.2 Å². The number of hydrogen-bond acceptors (Lipinski definition) is 2. The molecule has 0 fully saturated rings. The van der Waals surface area contributed by atoms with Crippen molar-refractivity contribution in [3.8, 4) is 5.69 Å². The summed E-state index contributed by atoms with van der Waals surface area (Å²) in [5.74, 6) is 0.690. The first-order valence-corrected chi connectivity index (χ1v) is 6.58. The van der Waals surface area contributed by atoms with Crippen LogP contribution in [0.15, 0.2) is 22.7 Å². The van der Waals surface area contributed by atoms with Crippen LogP contribution in [0.4, 0.5) is 5.82 Å². The van der Waals surface area contributed by atoms with Crippen LogP contribution in [0.1, 0.15) is 23.2 Å². The Labute approximate surface area is 109 Å². The van der Waals surface area contributed by atoms with Gasteiger partial charge in [-0.05, 0) is 49.9 Å². The molecule has 1 aromatic carbocycles. The topological polar surface area (TPSA) is 43.8 Å². The number of nitrogens with two attached hydrogens (primary N) is 1. The molecule has 0 aliphatic heterocycles. The van der Waals surface area contributed by atoms with Crippen molar-refractivity contribution in [2.45, 2.75) is 26.2 Å². The van der Waals surface area contributed by atoms with Crippen LogP contribution >= 0.6 is 15.9 Å². The molecule has 3 rings (SSSR count). The number of nitrogen functional groups attached to an aromatic ring is 1. The van der Waals surface area contributed by atoms with Gasteiger partial charge in [-0.3, -0.25) is 0 Å². The molecule has 0 spiro atoms. The molecule has 1 aliphatic rings. The second-order valence-corrected chi connectivity index (χ2v) is 5.48. The summed E-state index contributed by atoms with van der Waals surface area (Å²) >= 11 is 3.53. The van der Waals surface area contributed by atoms with Crippen LogP contribution in [0.3, 0.4) is 0 Å². The van der Waals surface area contributed by atoms with Gasteiger partial charge in [0.2, 0.25) is 0 Å². The number of halogens is 1. The fourth-order valence-corrected chi connectivity index (χ4v) is 3.11. The molecule has 0 radical (unpaired) electrons. The van der Waals surface area contributed by atoms with Gasteiger partial charge in [-0.2, -0.15) is 5.10 Å². The van der Waals surface area contributed by atoms with Crippen molar-refractivity contribution >= 4 is 21.7 Å². The molecule has 2 N–H and O–H groups in total. The van der Waals surface area contributed by atoms with E-state index in [-0.39, 0.29) is 0 Å². The van der Waals surface area contributed by atoms with E-state index in [1.807, 2.05) is 4.68 Å². The van der Waals surface area contributed by atoms with Crippen LogP contribution in [-0.4, -0.2) is 9.78 Å². The maximum absolute atomic E-state index is 5.96. The molecule has 1 aliphatic carbocycles. The smallest absolute Gasteiger partial charge is 0.149 e. The number of hydrogen-bond donors (Lipinski definition) is 1.